The zero-order valence-electron chi connectivity index (χ0n) is 24.1. The Morgan fingerprint density at radius 3 is 2.00 bits per heavy atom. The summed E-state index contributed by atoms with van der Waals surface area (Å²) in [6, 6.07) is 18.7. The summed E-state index contributed by atoms with van der Waals surface area (Å²) in [5, 5.41) is 0. The summed E-state index contributed by atoms with van der Waals surface area (Å²) in [5.41, 5.74) is 2.63. The average Bonchev–Trinajstić information content (AvgIpc) is 2.89. The molecule has 2 aromatic rings. The molecule has 0 fully saturated rings. The zero-order valence-corrected chi connectivity index (χ0v) is 24.1. The molecular formula is C33H52NO3+. The van der Waals surface area contributed by atoms with Gasteiger partial charge in [0.2, 0.25) is 0 Å². The van der Waals surface area contributed by atoms with Crippen LogP contribution >= 0.6 is 0 Å². The molecule has 0 aliphatic rings. The van der Waals surface area contributed by atoms with Crippen molar-refractivity contribution in [3.63, 3.8) is 0 Å². The Hall–Kier alpha value is -2.33. The normalized spacial score (nSPS) is 12.3. The molecule has 0 spiro atoms. The summed E-state index contributed by atoms with van der Waals surface area (Å²) in [7, 11) is 4.22. The van der Waals surface area contributed by atoms with E-state index in [-0.39, 0.29) is 12.0 Å². The third-order valence-corrected chi connectivity index (χ3v) is 7.23. The Bertz CT molecular complexity index is 848. The number of hydrogen-bond acceptors (Lipinski definition) is 3. The number of carbonyl (C=O) groups excluding carboxylic acids is 1. The van der Waals surface area contributed by atoms with Crippen LogP contribution in [-0.4, -0.2) is 43.8 Å². The van der Waals surface area contributed by atoms with Crippen molar-refractivity contribution < 1.29 is 18.8 Å². The van der Waals surface area contributed by atoms with E-state index in [0.717, 1.165) is 38.0 Å². The lowest BCUT2D eigenvalue weighted by Gasteiger charge is -2.36. The van der Waals surface area contributed by atoms with Crippen LogP contribution in [0.4, 0.5) is 0 Å². The molecule has 2 rings (SSSR count). The Morgan fingerprint density at radius 1 is 0.730 bits per heavy atom. The monoisotopic (exact) mass is 510 g/mol. The van der Waals surface area contributed by atoms with Gasteiger partial charge in [0.15, 0.2) is 6.04 Å². The lowest BCUT2D eigenvalue weighted by Crippen LogP contribution is -2.52. The molecule has 0 saturated carbocycles. The third kappa shape index (κ3) is 12.6. The maximum absolute atomic E-state index is 12.8. The van der Waals surface area contributed by atoms with E-state index in [4.69, 9.17) is 9.47 Å². The molecule has 4 nitrogen and oxygen atoms in total. The van der Waals surface area contributed by atoms with Gasteiger partial charge in [-0.25, -0.2) is 4.79 Å². The SMILES string of the molecule is CCCCCCCCCCc1ccc(OCCCCOC(=O)C(CC)[N+](C)(C)Cc2ccccc2)cc1. The van der Waals surface area contributed by atoms with Crippen molar-refractivity contribution >= 4 is 5.97 Å². The molecule has 0 amide bonds. The second-order valence-corrected chi connectivity index (χ2v) is 10.9. The van der Waals surface area contributed by atoms with Crippen LogP contribution < -0.4 is 4.74 Å². The second kappa shape index (κ2) is 18.0. The van der Waals surface area contributed by atoms with Gasteiger partial charge in [-0.3, -0.25) is 0 Å². The second-order valence-electron chi connectivity index (χ2n) is 10.9. The lowest BCUT2D eigenvalue weighted by molar-refractivity contribution is -0.919. The highest BCUT2D eigenvalue weighted by Crippen LogP contribution is 2.19. The highest BCUT2D eigenvalue weighted by atomic mass is 16.5. The zero-order chi connectivity index (χ0) is 26.8. The largest absolute Gasteiger partial charge is 0.494 e. The van der Waals surface area contributed by atoms with Gasteiger partial charge in [0, 0.05) is 12.0 Å². The maximum atomic E-state index is 12.8. The first-order valence-corrected chi connectivity index (χ1v) is 14.7. The number of benzene rings is 2. The van der Waals surface area contributed by atoms with Crippen molar-refractivity contribution in [2.45, 2.75) is 103 Å². The number of ether oxygens (including phenoxy) is 2. The van der Waals surface area contributed by atoms with Crippen LogP contribution in [0.15, 0.2) is 54.6 Å². The molecule has 1 atom stereocenters. The van der Waals surface area contributed by atoms with Crippen molar-refractivity contribution in [2.24, 2.45) is 0 Å². The van der Waals surface area contributed by atoms with Gasteiger partial charge in [0.25, 0.3) is 0 Å². The minimum Gasteiger partial charge on any atom is -0.494 e. The fraction of sp³-hybridized carbons (Fsp3) is 0.606. The smallest absolute Gasteiger partial charge is 0.364 e. The van der Waals surface area contributed by atoms with E-state index >= 15 is 0 Å². The van der Waals surface area contributed by atoms with Gasteiger partial charge >= 0.3 is 5.97 Å². The summed E-state index contributed by atoms with van der Waals surface area (Å²) in [6.07, 6.45) is 14.4. The van der Waals surface area contributed by atoms with E-state index in [9.17, 15) is 4.79 Å². The molecule has 0 aliphatic heterocycles. The van der Waals surface area contributed by atoms with Crippen LogP contribution in [0.5, 0.6) is 5.75 Å². The van der Waals surface area contributed by atoms with Gasteiger partial charge in [-0.05, 0) is 43.4 Å². The van der Waals surface area contributed by atoms with Gasteiger partial charge < -0.3 is 14.0 Å². The van der Waals surface area contributed by atoms with E-state index in [1.807, 2.05) is 18.2 Å². The summed E-state index contributed by atoms with van der Waals surface area (Å²) >= 11 is 0. The van der Waals surface area contributed by atoms with Crippen LogP contribution in [0.2, 0.25) is 0 Å². The van der Waals surface area contributed by atoms with E-state index in [2.05, 4.69) is 64.3 Å². The van der Waals surface area contributed by atoms with E-state index < -0.39 is 0 Å². The topological polar surface area (TPSA) is 35.5 Å². The predicted molar refractivity (Wildman–Crippen MR) is 155 cm³/mol. The fourth-order valence-corrected chi connectivity index (χ4v) is 4.99. The summed E-state index contributed by atoms with van der Waals surface area (Å²) < 4.78 is 12.2. The molecule has 0 N–H and O–H groups in total. The summed E-state index contributed by atoms with van der Waals surface area (Å²) in [4.78, 5) is 12.8. The minimum atomic E-state index is -0.166. The molecule has 0 saturated heterocycles. The third-order valence-electron chi connectivity index (χ3n) is 7.23. The highest BCUT2D eigenvalue weighted by molar-refractivity contribution is 5.74. The molecule has 37 heavy (non-hydrogen) atoms. The molecule has 1 unspecified atom stereocenters. The van der Waals surface area contributed by atoms with Crippen LogP contribution in [0.1, 0.15) is 95.6 Å². The quantitative estimate of drug-likeness (QED) is 0.102. The number of esters is 1. The molecule has 0 radical (unpaired) electrons. The minimum absolute atomic E-state index is 0.101. The Balaban J connectivity index is 1.57. The van der Waals surface area contributed by atoms with Crippen molar-refractivity contribution in [3.8, 4) is 5.75 Å². The fourth-order valence-electron chi connectivity index (χ4n) is 4.99. The number of nitrogens with zero attached hydrogens (tertiary/aromatic N) is 1. The van der Waals surface area contributed by atoms with Gasteiger partial charge in [-0.2, -0.15) is 0 Å². The summed E-state index contributed by atoms with van der Waals surface area (Å²) in [6.45, 7) is 6.22. The molecule has 0 aromatic heterocycles. The van der Waals surface area contributed by atoms with Crippen LogP contribution in [-0.2, 0) is 22.5 Å². The molecule has 2 aromatic carbocycles. The number of rotatable bonds is 20. The first-order chi connectivity index (χ1) is 18.0. The van der Waals surface area contributed by atoms with E-state index in [1.54, 1.807) is 0 Å². The number of hydrogen-bond donors (Lipinski definition) is 0. The summed E-state index contributed by atoms with van der Waals surface area (Å²) in [5.74, 6) is 0.819. The Kier molecular flexibility index (Phi) is 15.0. The maximum Gasteiger partial charge on any atom is 0.364 e. The van der Waals surface area contributed by atoms with Crippen LogP contribution in [0.3, 0.4) is 0 Å². The van der Waals surface area contributed by atoms with Crippen molar-refractivity contribution in [2.75, 3.05) is 27.3 Å². The molecule has 206 valence electrons. The number of quaternary nitrogens is 1. The van der Waals surface area contributed by atoms with Gasteiger partial charge in [-0.1, -0.05) is 101 Å². The Labute approximate surface area is 227 Å². The van der Waals surface area contributed by atoms with Crippen LogP contribution in [0, 0.1) is 0 Å². The van der Waals surface area contributed by atoms with Crippen molar-refractivity contribution in [3.05, 3.63) is 65.7 Å². The van der Waals surface area contributed by atoms with Gasteiger partial charge in [0.1, 0.15) is 12.3 Å². The molecule has 4 heteroatoms. The standard InChI is InChI=1S/C33H52NO3/c1-5-7-8-9-10-11-12-14-19-29-22-24-31(25-23-29)36-26-17-18-27-37-33(35)32(6-2)34(3,4)28-30-20-15-13-16-21-30/h13,15-16,20-25,32H,5-12,14,17-19,26-28H2,1-4H3/q+1. The predicted octanol–water partition coefficient (Wildman–Crippen LogP) is 8.13. The first kappa shape index (κ1) is 30.9. The van der Waals surface area contributed by atoms with Gasteiger partial charge in [-0.15, -0.1) is 0 Å². The van der Waals surface area contributed by atoms with E-state index in [1.165, 1.54) is 62.5 Å². The van der Waals surface area contributed by atoms with Crippen LogP contribution in [0.25, 0.3) is 0 Å². The molecule has 0 bridgehead atoms. The first-order valence-electron chi connectivity index (χ1n) is 14.7. The molecular weight excluding hydrogens is 458 g/mol. The molecule has 0 heterocycles. The number of aryl methyl sites for hydroxylation is 1. The number of carbonyl (C=O) groups is 1. The highest BCUT2D eigenvalue weighted by Gasteiger charge is 2.34. The molecule has 0 aliphatic carbocycles. The lowest BCUT2D eigenvalue weighted by atomic mass is 10.0. The van der Waals surface area contributed by atoms with E-state index in [0.29, 0.717) is 17.7 Å². The number of likely N-dealkylation sites (N-methyl/N-ethyl adjacent to an activating group) is 1. The number of unbranched alkanes of at least 4 members (excludes halogenated alkanes) is 8. The average molecular weight is 511 g/mol. The van der Waals surface area contributed by atoms with Crippen molar-refractivity contribution in [1.29, 1.82) is 0 Å². The van der Waals surface area contributed by atoms with Gasteiger partial charge in [0.05, 0.1) is 27.3 Å². The Morgan fingerprint density at radius 2 is 1.35 bits per heavy atom. The van der Waals surface area contributed by atoms with Crippen molar-refractivity contribution in [1.82, 2.24) is 0 Å².